The number of ether oxygens (including phenoxy) is 1. The number of rotatable bonds is 20. The van der Waals surface area contributed by atoms with Crippen LogP contribution in [0, 0.1) is 0 Å². The van der Waals surface area contributed by atoms with Crippen LogP contribution in [-0.2, 0) is 14.3 Å². The molecule has 1 N–H and O–H groups in total. The van der Waals surface area contributed by atoms with Crippen LogP contribution in [0.15, 0.2) is 24.3 Å². The Kier molecular flexibility index (Phi) is 18.6. The lowest BCUT2D eigenvalue weighted by Crippen LogP contribution is -2.47. The largest absolute Gasteiger partial charge is 0.463 e. The van der Waals surface area contributed by atoms with E-state index in [9.17, 15) is 14.7 Å². The summed E-state index contributed by atoms with van der Waals surface area (Å²) in [7, 11) is 0. The molecule has 4 nitrogen and oxygen atoms in total. The molecule has 0 aliphatic rings. The molecule has 0 spiro atoms. The zero-order valence-electron chi connectivity index (χ0n) is 19.8. The topological polar surface area (TPSA) is 63.6 Å². The molecule has 0 aliphatic heterocycles. The minimum Gasteiger partial charge on any atom is -0.463 e. The third kappa shape index (κ3) is 13.7. The first kappa shape index (κ1) is 28.6. The van der Waals surface area contributed by atoms with Crippen molar-refractivity contribution in [3.05, 3.63) is 24.3 Å². The van der Waals surface area contributed by atoms with Gasteiger partial charge in [-0.3, -0.25) is 4.79 Å². The van der Waals surface area contributed by atoms with Crippen LogP contribution in [0.25, 0.3) is 0 Å². The van der Waals surface area contributed by atoms with Crippen molar-refractivity contribution in [2.45, 2.75) is 123 Å². The Morgan fingerprint density at radius 1 is 0.767 bits per heavy atom. The first-order chi connectivity index (χ1) is 14.5. The predicted molar refractivity (Wildman–Crippen MR) is 125 cm³/mol. The Morgan fingerprint density at radius 2 is 1.33 bits per heavy atom. The summed E-state index contributed by atoms with van der Waals surface area (Å²) in [6, 6.07) is 0. The molecule has 1 atom stereocenters. The van der Waals surface area contributed by atoms with Crippen molar-refractivity contribution in [1.82, 2.24) is 0 Å². The van der Waals surface area contributed by atoms with Gasteiger partial charge >= 0.3 is 5.97 Å². The van der Waals surface area contributed by atoms with Gasteiger partial charge in [-0.1, -0.05) is 83.6 Å². The highest BCUT2D eigenvalue weighted by molar-refractivity contribution is 6.06. The molecule has 0 rings (SSSR count). The molecule has 0 bridgehead atoms. The van der Waals surface area contributed by atoms with E-state index >= 15 is 0 Å². The molecular formula is C26H46O4. The van der Waals surface area contributed by atoms with E-state index in [1.165, 1.54) is 25.7 Å². The second-order valence-electron chi connectivity index (χ2n) is 8.11. The summed E-state index contributed by atoms with van der Waals surface area (Å²) in [6.07, 6.45) is 23.2. The van der Waals surface area contributed by atoms with Crippen molar-refractivity contribution in [1.29, 1.82) is 0 Å². The number of carbonyl (C=O) groups excluding carboxylic acids is 2. The van der Waals surface area contributed by atoms with Crippen molar-refractivity contribution >= 4 is 11.8 Å². The summed E-state index contributed by atoms with van der Waals surface area (Å²) >= 11 is 0. The van der Waals surface area contributed by atoms with Gasteiger partial charge in [0.1, 0.15) is 0 Å². The zero-order valence-corrected chi connectivity index (χ0v) is 19.8. The van der Waals surface area contributed by atoms with E-state index in [4.69, 9.17) is 4.74 Å². The number of allylic oxidation sites excluding steroid dienone is 4. The number of aliphatic hydroxyl groups is 1. The number of carbonyl (C=O) groups is 2. The fourth-order valence-electron chi connectivity index (χ4n) is 3.19. The van der Waals surface area contributed by atoms with Crippen LogP contribution in [0.3, 0.4) is 0 Å². The maximum Gasteiger partial charge on any atom is 0.345 e. The van der Waals surface area contributed by atoms with Gasteiger partial charge in [0.25, 0.3) is 0 Å². The normalized spacial score (nSPS) is 13.7. The number of ketones is 1. The van der Waals surface area contributed by atoms with Gasteiger partial charge in [0, 0.05) is 6.42 Å². The van der Waals surface area contributed by atoms with Crippen molar-refractivity contribution in [2.24, 2.45) is 0 Å². The number of hydrogen-bond donors (Lipinski definition) is 1. The number of unbranched alkanes of at least 4 members (excludes halogenated alkanes) is 9. The summed E-state index contributed by atoms with van der Waals surface area (Å²) in [5, 5.41) is 10.4. The van der Waals surface area contributed by atoms with Crippen LogP contribution < -0.4 is 0 Å². The van der Waals surface area contributed by atoms with Crippen LogP contribution in [0.5, 0.6) is 0 Å². The van der Waals surface area contributed by atoms with Gasteiger partial charge < -0.3 is 9.84 Å². The molecule has 30 heavy (non-hydrogen) atoms. The van der Waals surface area contributed by atoms with Gasteiger partial charge in [0.05, 0.1) is 6.61 Å². The zero-order chi connectivity index (χ0) is 22.5. The number of esters is 1. The molecule has 0 aromatic heterocycles. The van der Waals surface area contributed by atoms with Crippen LogP contribution in [-0.4, -0.2) is 29.1 Å². The van der Waals surface area contributed by atoms with Gasteiger partial charge in [0.2, 0.25) is 5.60 Å². The van der Waals surface area contributed by atoms with E-state index in [2.05, 4.69) is 31.2 Å². The Bertz CT molecular complexity index is 495. The van der Waals surface area contributed by atoms with E-state index in [1.807, 2.05) is 6.92 Å². The third-order valence-corrected chi connectivity index (χ3v) is 5.40. The van der Waals surface area contributed by atoms with Crippen molar-refractivity contribution in [3.8, 4) is 0 Å². The molecule has 0 heterocycles. The average Bonchev–Trinajstić information content (AvgIpc) is 2.75. The lowest BCUT2D eigenvalue weighted by Gasteiger charge is -2.23. The maximum atomic E-state index is 12.3. The van der Waals surface area contributed by atoms with Crippen LogP contribution in [0.4, 0.5) is 0 Å². The highest BCUT2D eigenvalue weighted by Crippen LogP contribution is 2.19. The maximum absolute atomic E-state index is 12.3. The molecule has 4 heteroatoms. The predicted octanol–water partition coefficient (Wildman–Crippen LogP) is 6.85. The highest BCUT2D eigenvalue weighted by atomic mass is 16.5. The smallest absolute Gasteiger partial charge is 0.345 e. The summed E-state index contributed by atoms with van der Waals surface area (Å²) in [4.78, 5) is 24.4. The highest BCUT2D eigenvalue weighted by Gasteiger charge is 2.42. The minimum absolute atomic E-state index is 0.0665. The van der Waals surface area contributed by atoms with Gasteiger partial charge in [-0.25, -0.2) is 4.79 Å². The van der Waals surface area contributed by atoms with E-state index in [1.54, 1.807) is 6.92 Å². The van der Waals surface area contributed by atoms with Crippen LogP contribution in [0.1, 0.15) is 117 Å². The molecule has 0 saturated carbocycles. The van der Waals surface area contributed by atoms with E-state index in [0.717, 1.165) is 51.4 Å². The Morgan fingerprint density at radius 3 is 1.93 bits per heavy atom. The molecule has 0 aliphatic carbocycles. The third-order valence-electron chi connectivity index (χ3n) is 5.40. The Labute approximate surface area is 185 Å². The summed E-state index contributed by atoms with van der Waals surface area (Å²) in [5.74, 6) is -1.19. The lowest BCUT2D eigenvalue weighted by atomic mass is 9.91. The lowest BCUT2D eigenvalue weighted by molar-refractivity contribution is -0.171. The minimum atomic E-state index is -1.97. The Balaban J connectivity index is 3.80. The molecule has 0 fully saturated rings. The first-order valence-electron chi connectivity index (χ1n) is 12.3. The van der Waals surface area contributed by atoms with E-state index < -0.39 is 17.4 Å². The molecule has 0 radical (unpaired) electrons. The second-order valence-corrected chi connectivity index (χ2v) is 8.11. The quantitative estimate of drug-likeness (QED) is 0.101. The van der Waals surface area contributed by atoms with Crippen LogP contribution in [0.2, 0.25) is 0 Å². The Hall–Kier alpha value is -1.42. The molecule has 0 amide bonds. The molecule has 0 saturated heterocycles. The molecule has 0 aromatic rings. The van der Waals surface area contributed by atoms with Gasteiger partial charge in [-0.2, -0.15) is 0 Å². The van der Waals surface area contributed by atoms with E-state index in [-0.39, 0.29) is 19.4 Å². The van der Waals surface area contributed by atoms with Crippen molar-refractivity contribution in [3.63, 3.8) is 0 Å². The van der Waals surface area contributed by atoms with Gasteiger partial charge in [0.15, 0.2) is 5.78 Å². The monoisotopic (exact) mass is 422 g/mol. The molecule has 0 aromatic carbocycles. The number of hydrogen-bond acceptors (Lipinski definition) is 4. The van der Waals surface area contributed by atoms with E-state index in [0.29, 0.717) is 6.42 Å². The van der Waals surface area contributed by atoms with Gasteiger partial charge in [-0.05, 0) is 51.4 Å². The van der Waals surface area contributed by atoms with Crippen LogP contribution >= 0.6 is 0 Å². The van der Waals surface area contributed by atoms with Crippen molar-refractivity contribution < 1.29 is 19.4 Å². The average molecular weight is 423 g/mol. The fourth-order valence-corrected chi connectivity index (χ4v) is 3.19. The second kappa shape index (κ2) is 19.5. The molecule has 1 unspecified atom stereocenters. The fraction of sp³-hybridized carbons (Fsp3) is 0.769. The SMILES string of the molecule is CCCCC/C=C\C/C=C\CCCCCCCC(=O)C(O)(CC)C(=O)OCCCC. The van der Waals surface area contributed by atoms with Crippen molar-refractivity contribution in [2.75, 3.05) is 6.61 Å². The van der Waals surface area contributed by atoms with Gasteiger partial charge in [-0.15, -0.1) is 0 Å². The summed E-state index contributed by atoms with van der Waals surface area (Å²) in [5.41, 5.74) is -1.97. The summed E-state index contributed by atoms with van der Waals surface area (Å²) in [6.45, 7) is 6.13. The molecular weight excluding hydrogens is 376 g/mol. The summed E-state index contributed by atoms with van der Waals surface area (Å²) < 4.78 is 5.07. The molecule has 174 valence electrons. The standard InChI is InChI=1S/C26H46O4/c1-4-7-9-10-11-12-13-14-15-16-17-18-19-20-21-22-24(27)26(29,6-3)25(28)30-23-8-5-2/h11-12,14-15,29H,4-10,13,16-23H2,1-3H3/b12-11-,15-14-. The number of Topliss-reactive ketones (excluding diaryl/α,β-unsaturated/α-hetero) is 1. The first-order valence-corrected chi connectivity index (χ1v) is 12.3.